The summed E-state index contributed by atoms with van der Waals surface area (Å²) in [5.41, 5.74) is 2.26. The summed E-state index contributed by atoms with van der Waals surface area (Å²) in [6.45, 7) is 10.5. The molecule has 0 fully saturated rings. The van der Waals surface area contributed by atoms with E-state index in [9.17, 15) is 9.59 Å². The molecule has 3 rings (SSSR count). The van der Waals surface area contributed by atoms with Gasteiger partial charge in [-0.1, -0.05) is 20.8 Å². The summed E-state index contributed by atoms with van der Waals surface area (Å²) in [4.78, 5) is 27.9. The molecule has 0 radical (unpaired) electrons. The van der Waals surface area contributed by atoms with Gasteiger partial charge >= 0.3 is 5.97 Å². The third kappa shape index (κ3) is 6.66. The molecule has 0 saturated carbocycles. The van der Waals surface area contributed by atoms with E-state index in [4.69, 9.17) is 24.7 Å². The van der Waals surface area contributed by atoms with Crippen molar-refractivity contribution in [2.45, 2.75) is 59.4 Å². The highest BCUT2D eigenvalue weighted by Gasteiger charge is 2.34. The van der Waals surface area contributed by atoms with Crippen molar-refractivity contribution in [3.63, 3.8) is 0 Å². The van der Waals surface area contributed by atoms with Crippen molar-refractivity contribution >= 4 is 23.3 Å². The number of Topliss-reactive ketones (excluding diaryl/α,β-unsaturated/α-hetero) is 1. The van der Waals surface area contributed by atoms with E-state index in [2.05, 4.69) is 0 Å². The zero-order valence-electron chi connectivity index (χ0n) is 24.4. The maximum absolute atomic E-state index is 15.5. The highest BCUT2D eigenvalue weighted by molar-refractivity contribution is 6.06. The number of carbonyl (C=O) groups excluding carboxylic acids is 1. The summed E-state index contributed by atoms with van der Waals surface area (Å²) in [6, 6.07) is 5.23. The fourth-order valence-corrected chi connectivity index (χ4v) is 4.64. The molecule has 0 aromatic heterocycles. The van der Waals surface area contributed by atoms with E-state index in [-0.39, 0.29) is 66.8 Å². The quantitative estimate of drug-likeness (QED) is 0.254. The molecule has 9 nitrogen and oxygen atoms in total. The minimum absolute atomic E-state index is 0.00161. The maximum atomic E-state index is 15.5. The number of fused-ring (bicyclic) bond motifs is 1. The van der Waals surface area contributed by atoms with Crippen molar-refractivity contribution < 1.29 is 33.3 Å². The van der Waals surface area contributed by atoms with Gasteiger partial charge in [-0.25, -0.2) is 4.39 Å². The molecular formula is C30H40FN3O6. The van der Waals surface area contributed by atoms with Gasteiger partial charge in [0.2, 0.25) is 0 Å². The lowest BCUT2D eigenvalue weighted by Crippen LogP contribution is -2.31. The van der Waals surface area contributed by atoms with Crippen molar-refractivity contribution in [1.29, 1.82) is 5.41 Å². The summed E-state index contributed by atoms with van der Waals surface area (Å²) in [5.74, 6) is -0.972. The monoisotopic (exact) mass is 557 g/mol. The summed E-state index contributed by atoms with van der Waals surface area (Å²) in [6.07, 6.45) is 0.359. The summed E-state index contributed by atoms with van der Waals surface area (Å²) >= 11 is 0. The number of carbonyl (C=O) groups is 2. The third-order valence-corrected chi connectivity index (χ3v) is 6.57. The van der Waals surface area contributed by atoms with E-state index in [0.717, 1.165) is 5.56 Å². The molecule has 1 heterocycles. The average molecular weight is 558 g/mol. The number of anilines is 1. The van der Waals surface area contributed by atoms with Gasteiger partial charge in [-0.15, -0.1) is 0 Å². The number of nitrogens with one attached hydrogen (secondary N) is 1. The molecule has 0 amide bonds. The van der Waals surface area contributed by atoms with Crippen LogP contribution in [0.25, 0.3) is 0 Å². The van der Waals surface area contributed by atoms with Gasteiger partial charge in [-0.2, -0.15) is 0 Å². The first-order valence-electron chi connectivity index (χ1n) is 13.5. The van der Waals surface area contributed by atoms with Gasteiger partial charge in [0.05, 0.1) is 37.6 Å². The number of rotatable bonds is 13. The Morgan fingerprint density at radius 3 is 2.33 bits per heavy atom. The number of hydrogen-bond donors (Lipinski definition) is 2. The number of ether oxygens (including phenoxy) is 3. The van der Waals surface area contributed by atoms with Crippen LogP contribution in [-0.2, 0) is 16.8 Å². The number of amidine groups is 1. The van der Waals surface area contributed by atoms with Crippen LogP contribution in [0.3, 0.4) is 0 Å². The Bertz CT molecular complexity index is 1290. The van der Waals surface area contributed by atoms with Crippen LogP contribution in [-0.4, -0.2) is 68.1 Å². The van der Waals surface area contributed by atoms with E-state index in [0.29, 0.717) is 35.6 Å². The largest absolute Gasteiger partial charge is 0.491 e. The molecule has 0 bridgehead atoms. The van der Waals surface area contributed by atoms with Gasteiger partial charge in [0.25, 0.3) is 0 Å². The number of aliphatic carboxylic acids is 1. The first-order chi connectivity index (χ1) is 18.8. The van der Waals surface area contributed by atoms with E-state index in [1.54, 1.807) is 36.9 Å². The fraction of sp³-hybridized carbons (Fsp3) is 0.500. The molecule has 0 saturated heterocycles. The molecule has 2 aromatic carbocycles. The fourth-order valence-electron chi connectivity index (χ4n) is 4.64. The van der Waals surface area contributed by atoms with Crippen LogP contribution in [0.1, 0.15) is 74.5 Å². The number of nitrogens with zero attached hydrogens (tertiary/aromatic N) is 2. The van der Waals surface area contributed by atoms with Crippen LogP contribution in [0.5, 0.6) is 17.2 Å². The molecule has 0 aliphatic carbocycles. The van der Waals surface area contributed by atoms with Crippen LogP contribution < -0.4 is 19.1 Å². The SMILES string of the molecule is CCOc1cc2c(c(F)c1OCC)C(=N)N(CC(=O)c1cc(N(C)C)c(OCCCC(=O)O)c(C(C)(C)C)c1)C2. The molecule has 0 spiro atoms. The predicted molar refractivity (Wildman–Crippen MR) is 152 cm³/mol. The lowest BCUT2D eigenvalue weighted by Gasteiger charge is -2.28. The number of halogens is 1. The van der Waals surface area contributed by atoms with Gasteiger partial charge in [0, 0.05) is 38.2 Å². The van der Waals surface area contributed by atoms with Crippen molar-refractivity contribution in [3.05, 3.63) is 46.3 Å². The Labute approximate surface area is 235 Å². The molecule has 40 heavy (non-hydrogen) atoms. The average Bonchev–Trinajstić information content (AvgIpc) is 3.17. The summed E-state index contributed by atoms with van der Waals surface area (Å²) in [5, 5.41) is 17.6. The topological polar surface area (TPSA) is 112 Å². The number of ketones is 1. The second kappa shape index (κ2) is 12.6. The Morgan fingerprint density at radius 2 is 1.75 bits per heavy atom. The van der Waals surface area contributed by atoms with Crippen molar-refractivity contribution in [1.82, 2.24) is 4.90 Å². The zero-order chi connectivity index (χ0) is 29.8. The molecule has 218 valence electrons. The number of carboxylic acids is 1. The standard InChI is InChI=1S/C30H40FN3O6/c1-8-38-23-15-19-16-34(29(32)25(19)26(31)28(23)39-9-2)17-22(35)18-13-20(30(3,4)5)27(21(14-18)33(6)7)40-12-10-11-24(36)37/h13-15,32H,8-12,16-17H2,1-7H3,(H,36,37). The zero-order valence-corrected chi connectivity index (χ0v) is 24.4. The maximum Gasteiger partial charge on any atom is 0.303 e. The number of hydrogen-bond acceptors (Lipinski definition) is 7. The van der Waals surface area contributed by atoms with Crippen molar-refractivity contribution in [2.75, 3.05) is 45.4 Å². The van der Waals surface area contributed by atoms with Crippen LogP contribution in [0, 0.1) is 11.2 Å². The first-order valence-corrected chi connectivity index (χ1v) is 13.5. The molecule has 10 heteroatoms. The van der Waals surface area contributed by atoms with Crippen LogP contribution in [0.4, 0.5) is 10.1 Å². The smallest absolute Gasteiger partial charge is 0.303 e. The van der Waals surface area contributed by atoms with Crippen LogP contribution >= 0.6 is 0 Å². The van der Waals surface area contributed by atoms with Gasteiger partial charge < -0.3 is 29.1 Å². The normalized spacial score (nSPS) is 12.8. The molecule has 2 N–H and O–H groups in total. The number of carboxylic acid groups (broad SMARTS) is 1. The second-order valence-corrected chi connectivity index (χ2v) is 10.9. The second-order valence-electron chi connectivity index (χ2n) is 10.9. The van der Waals surface area contributed by atoms with Gasteiger partial charge in [-0.3, -0.25) is 15.0 Å². The van der Waals surface area contributed by atoms with Crippen LogP contribution in [0.15, 0.2) is 18.2 Å². The van der Waals surface area contributed by atoms with Gasteiger partial charge in [0.15, 0.2) is 23.1 Å². The Hall–Kier alpha value is -3.82. The molecule has 2 aromatic rings. The van der Waals surface area contributed by atoms with E-state index in [1.807, 2.05) is 39.8 Å². The molecular weight excluding hydrogens is 517 g/mol. The molecule has 1 aliphatic heterocycles. The van der Waals surface area contributed by atoms with Crippen LogP contribution in [0.2, 0.25) is 0 Å². The van der Waals surface area contributed by atoms with Gasteiger partial charge in [0.1, 0.15) is 11.6 Å². The summed E-state index contributed by atoms with van der Waals surface area (Å²) < 4.78 is 32.6. The third-order valence-electron chi connectivity index (χ3n) is 6.57. The van der Waals surface area contributed by atoms with E-state index >= 15 is 4.39 Å². The minimum Gasteiger partial charge on any atom is -0.491 e. The summed E-state index contributed by atoms with van der Waals surface area (Å²) in [7, 11) is 3.70. The minimum atomic E-state index is -0.883. The van der Waals surface area contributed by atoms with Crippen molar-refractivity contribution in [2.24, 2.45) is 0 Å². The number of benzene rings is 2. The molecule has 1 aliphatic rings. The Balaban J connectivity index is 1.93. The lowest BCUT2D eigenvalue weighted by molar-refractivity contribution is -0.137. The Kier molecular flexibility index (Phi) is 9.65. The van der Waals surface area contributed by atoms with Gasteiger partial charge in [-0.05, 0) is 49.4 Å². The van der Waals surface area contributed by atoms with E-state index < -0.39 is 11.8 Å². The molecule has 0 unspecified atom stereocenters. The van der Waals surface area contributed by atoms with E-state index in [1.165, 1.54) is 0 Å². The predicted octanol–water partition coefficient (Wildman–Crippen LogP) is 5.25. The first kappa shape index (κ1) is 30.7. The highest BCUT2D eigenvalue weighted by atomic mass is 19.1. The lowest BCUT2D eigenvalue weighted by atomic mass is 9.84. The van der Waals surface area contributed by atoms with Crippen molar-refractivity contribution in [3.8, 4) is 17.2 Å². The Morgan fingerprint density at radius 1 is 1.07 bits per heavy atom. The highest BCUT2D eigenvalue weighted by Crippen LogP contribution is 2.41. The molecule has 0 atom stereocenters.